The number of hydrogen-bond acceptors (Lipinski definition) is 5. The Kier molecular flexibility index (Phi) is 6.29. The minimum atomic E-state index is -3.65. The zero-order chi connectivity index (χ0) is 20.2. The van der Waals surface area contributed by atoms with Gasteiger partial charge in [0.05, 0.1) is 10.5 Å². The van der Waals surface area contributed by atoms with Crippen LogP contribution in [-0.2, 0) is 19.6 Å². The van der Waals surface area contributed by atoms with Gasteiger partial charge in [-0.1, -0.05) is 6.07 Å². The van der Waals surface area contributed by atoms with E-state index in [1.807, 2.05) is 0 Å². The first-order valence-corrected chi connectivity index (χ1v) is 9.35. The van der Waals surface area contributed by atoms with Gasteiger partial charge in [-0.15, -0.1) is 0 Å². The number of nitrogens with one attached hydrogen (secondary N) is 1. The molecule has 0 fully saturated rings. The van der Waals surface area contributed by atoms with Crippen LogP contribution >= 0.6 is 0 Å². The van der Waals surface area contributed by atoms with Gasteiger partial charge in [-0.2, -0.15) is 0 Å². The third kappa shape index (κ3) is 5.11. The summed E-state index contributed by atoms with van der Waals surface area (Å²) in [5.41, 5.74) is 0.350. The van der Waals surface area contributed by atoms with Crippen molar-refractivity contribution in [1.82, 2.24) is 4.31 Å². The number of anilines is 1. The van der Waals surface area contributed by atoms with Gasteiger partial charge < -0.3 is 10.1 Å². The molecule has 0 aliphatic rings. The molecule has 0 bridgehead atoms. The summed E-state index contributed by atoms with van der Waals surface area (Å²) >= 11 is 0. The van der Waals surface area contributed by atoms with E-state index in [1.165, 1.54) is 57.4 Å². The lowest BCUT2D eigenvalue weighted by atomic mass is 10.2. The van der Waals surface area contributed by atoms with Crippen molar-refractivity contribution in [3.63, 3.8) is 0 Å². The minimum Gasteiger partial charge on any atom is -0.449 e. The highest BCUT2D eigenvalue weighted by Crippen LogP contribution is 2.18. The van der Waals surface area contributed by atoms with Crippen molar-refractivity contribution in [2.75, 3.05) is 19.4 Å². The molecule has 27 heavy (non-hydrogen) atoms. The van der Waals surface area contributed by atoms with Crippen molar-refractivity contribution < 1.29 is 27.1 Å². The Hall–Kier alpha value is -2.78. The molecule has 2 aromatic rings. The number of rotatable bonds is 6. The quantitative estimate of drug-likeness (QED) is 0.759. The number of esters is 1. The first-order valence-electron chi connectivity index (χ1n) is 7.91. The molecule has 0 saturated carbocycles. The van der Waals surface area contributed by atoms with E-state index in [4.69, 9.17) is 4.74 Å². The zero-order valence-corrected chi connectivity index (χ0v) is 15.8. The predicted octanol–water partition coefficient (Wildman–Crippen LogP) is 2.26. The topological polar surface area (TPSA) is 92.8 Å². The summed E-state index contributed by atoms with van der Waals surface area (Å²) in [6.07, 6.45) is -1.14. The van der Waals surface area contributed by atoms with Crippen LogP contribution in [0.25, 0.3) is 0 Å². The largest absolute Gasteiger partial charge is 0.449 e. The third-order valence-corrected chi connectivity index (χ3v) is 5.42. The van der Waals surface area contributed by atoms with Crippen LogP contribution in [0.4, 0.5) is 10.1 Å². The lowest BCUT2D eigenvalue weighted by Gasteiger charge is -2.15. The van der Waals surface area contributed by atoms with Crippen LogP contribution in [0.5, 0.6) is 0 Å². The second-order valence-electron chi connectivity index (χ2n) is 5.86. The third-order valence-electron chi connectivity index (χ3n) is 3.61. The zero-order valence-electron chi connectivity index (χ0n) is 15.0. The Morgan fingerprint density at radius 2 is 1.74 bits per heavy atom. The molecule has 1 N–H and O–H groups in total. The molecule has 0 spiro atoms. The average molecular weight is 394 g/mol. The van der Waals surface area contributed by atoms with Gasteiger partial charge in [-0.05, 0) is 49.4 Å². The average Bonchev–Trinajstić information content (AvgIpc) is 2.62. The number of sulfonamides is 1. The van der Waals surface area contributed by atoms with Crippen LogP contribution in [-0.4, -0.2) is 44.8 Å². The van der Waals surface area contributed by atoms with E-state index < -0.39 is 33.8 Å². The van der Waals surface area contributed by atoms with Gasteiger partial charge in [-0.25, -0.2) is 21.9 Å². The molecule has 144 valence electrons. The number of carbonyl (C=O) groups excluding carboxylic acids is 2. The minimum absolute atomic E-state index is 0.0151. The first-order chi connectivity index (χ1) is 12.6. The van der Waals surface area contributed by atoms with Crippen LogP contribution in [0.1, 0.15) is 17.3 Å². The van der Waals surface area contributed by atoms with Gasteiger partial charge in [-0.3, -0.25) is 4.79 Å². The Labute approximate surface area is 156 Å². The molecule has 0 heterocycles. The number of nitrogens with zero attached hydrogens (tertiary/aromatic N) is 1. The normalized spacial score (nSPS) is 12.5. The van der Waals surface area contributed by atoms with Crippen molar-refractivity contribution in [2.24, 2.45) is 0 Å². The van der Waals surface area contributed by atoms with Gasteiger partial charge in [0.2, 0.25) is 10.0 Å². The van der Waals surface area contributed by atoms with Crippen LogP contribution in [0.3, 0.4) is 0 Å². The smallest absolute Gasteiger partial charge is 0.338 e. The van der Waals surface area contributed by atoms with E-state index in [-0.39, 0.29) is 16.1 Å². The molecule has 1 atom stereocenters. The molecular formula is C18H19FN2O5S. The molecule has 9 heteroatoms. The Bertz CT molecular complexity index is 942. The Balaban J connectivity index is 2.06. The molecule has 0 aliphatic carbocycles. The highest BCUT2D eigenvalue weighted by Gasteiger charge is 2.21. The van der Waals surface area contributed by atoms with Gasteiger partial charge in [0.15, 0.2) is 6.10 Å². The molecule has 7 nitrogen and oxygen atoms in total. The van der Waals surface area contributed by atoms with E-state index in [0.717, 1.165) is 16.4 Å². The number of halogens is 1. The van der Waals surface area contributed by atoms with Crippen molar-refractivity contribution >= 4 is 27.6 Å². The van der Waals surface area contributed by atoms with Gasteiger partial charge in [0, 0.05) is 19.8 Å². The molecule has 0 aliphatic heterocycles. The molecule has 0 radical (unpaired) electrons. The van der Waals surface area contributed by atoms with Crippen LogP contribution in [0, 0.1) is 5.82 Å². The van der Waals surface area contributed by atoms with Gasteiger partial charge >= 0.3 is 5.97 Å². The first kappa shape index (κ1) is 20.5. The lowest BCUT2D eigenvalue weighted by molar-refractivity contribution is -0.123. The van der Waals surface area contributed by atoms with E-state index in [1.54, 1.807) is 0 Å². The number of amides is 1. The summed E-state index contributed by atoms with van der Waals surface area (Å²) in [6.45, 7) is 1.37. The summed E-state index contributed by atoms with van der Waals surface area (Å²) in [6, 6.07) is 10.4. The highest BCUT2D eigenvalue weighted by molar-refractivity contribution is 7.89. The van der Waals surface area contributed by atoms with E-state index >= 15 is 0 Å². The number of carbonyl (C=O) groups is 2. The van der Waals surface area contributed by atoms with Crippen LogP contribution in [0.2, 0.25) is 0 Å². The molecule has 0 unspecified atom stereocenters. The van der Waals surface area contributed by atoms with Gasteiger partial charge in [0.1, 0.15) is 5.82 Å². The summed E-state index contributed by atoms with van der Waals surface area (Å²) in [7, 11) is -0.847. The Morgan fingerprint density at radius 1 is 1.11 bits per heavy atom. The van der Waals surface area contributed by atoms with Crippen molar-refractivity contribution in [2.45, 2.75) is 17.9 Å². The van der Waals surface area contributed by atoms with Crippen molar-refractivity contribution in [3.8, 4) is 0 Å². The summed E-state index contributed by atoms with van der Waals surface area (Å²) in [4.78, 5) is 24.2. The SMILES string of the molecule is C[C@H](OC(=O)c1ccc(F)cc1)C(=O)Nc1cccc(S(=O)(=O)N(C)C)c1. The van der Waals surface area contributed by atoms with Crippen molar-refractivity contribution in [3.05, 3.63) is 59.9 Å². The molecule has 0 aromatic heterocycles. The molecule has 2 aromatic carbocycles. The fourth-order valence-corrected chi connectivity index (χ4v) is 3.01. The monoisotopic (exact) mass is 394 g/mol. The molecular weight excluding hydrogens is 375 g/mol. The second kappa shape index (κ2) is 8.28. The number of benzene rings is 2. The lowest BCUT2D eigenvalue weighted by Crippen LogP contribution is -2.30. The fourth-order valence-electron chi connectivity index (χ4n) is 2.06. The van der Waals surface area contributed by atoms with Crippen LogP contribution < -0.4 is 5.32 Å². The highest BCUT2D eigenvalue weighted by atomic mass is 32.2. The van der Waals surface area contributed by atoms with Crippen LogP contribution in [0.15, 0.2) is 53.4 Å². The standard InChI is InChI=1S/C18H19FN2O5S/c1-12(26-18(23)13-7-9-14(19)10-8-13)17(22)20-15-5-4-6-16(11-15)27(24,25)21(2)3/h4-12H,1-3H3,(H,20,22)/t12-/m0/s1. The number of hydrogen-bond donors (Lipinski definition) is 1. The van der Waals surface area contributed by atoms with E-state index in [2.05, 4.69) is 5.32 Å². The maximum Gasteiger partial charge on any atom is 0.338 e. The van der Waals surface area contributed by atoms with E-state index in [0.29, 0.717) is 0 Å². The fraction of sp³-hybridized carbons (Fsp3) is 0.222. The molecule has 2 rings (SSSR count). The maximum atomic E-state index is 12.9. The van der Waals surface area contributed by atoms with Gasteiger partial charge in [0.25, 0.3) is 5.91 Å². The maximum absolute atomic E-state index is 12.9. The number of ether oxygens (including phenoxy) is 1. The van der Waals surface area contributed by atoms with E-state index in [9.17, 15) is 22.4 Å². The predicted molar refractivity (Wildman–Crippen MR) is 97.2 cm³/mol. The summed E-state index contributed by atoms with van der Waals surface area (Å²) in [5.74, 6) is -1.91. The second-order valence-corrected chi connectivity index (χ2v) is 8.01. The summed E-state index contributed by atoms with van der Waals surface area (Å²) < 4.78 is 43.3. The van der Waals surface area contributed by atoms with Crippen molar-refractivity contribution in [1.29, 1.82) is 0 Å². The molecule has 0 saturated heterocycles. The summed E-state index contributed by atoms with van der Waals surface area (Å²) in [5, 5.41) is 2.50. The Morgan fingerprint density at radius 3 is 2.33 bits per heavy atom. The molecule has 1 amide bonds.